The lowest BCUT2D eigenvalue weighted by Crippen LogP contribution is -2.02. The number of nitrogens with zero attached hydrogens (tertiary/aromatic N) is 6. The van der Waals surface area contributed by atoms with Gasteiger partial charge in [0.15, 0.2) is 10.3 Å². The number of rotatable bonds is 12. The van der Waals surface area contributed by atoms with Gasteiger partial charge in [-0.3, -0.25) is 8.80 Å². The normalized spacial score (nSPS) is 11.0. The Morgan fingerprint density at radius 1 is 0.672 bits per heavy atom. The van der Waals surface area contributed by atoms with E-state index >= 15 is 0 Å². The predicted molar refractivity (Wildman–Crippen MR) is 257 cm³/mol. The third-order valence-corrected chi connectivity index (χ3v) is 12.1. The molecule has 6 heterocycles. The number of imidazole rings is 2. The number of aryl methyl sites for hydroxylation is 4. The minimum absolute atomic E-state index is 0.688. The molecule has 11 nitrogen and oxygen atoms in total. The fourth-order valence-electron chi connectivity index (χ4n) is 7.00. The van der Waals surface area contributed by atoms with Crippen LogP contribution in [0.1, 0.15) is 40.7 Å². The van der Waals surface area contributed by atoms with Gasteiger partial charge in [-0.05, 0) is 98.5 Å². The average molecular weight is 842 g/mol. The molecule has 0 aliphatic carbocycles. The van der Waals surface area contributed by atoms with Gasteiger partial charge in [-0.15, -0.1) is 0 Å². The molecule has 0 amide bonds. The Morgan fingerprint density at radius 3 is 1.89 bits per heavy atom. The van der Waals surface area contributed by atoms with Crippen molar-refractivity contribution in [3.05, 3.63) is 169 Å². The molecule has 0 unspecified atom stereocenters. The van der Waals surface area contributed by atoms with Crippen LogP contribution in [0.15, 0.2) is 135 Å². The Labute approximate surface area is 363 Å². The van der Waals surface area contributed by atoms with Crippen LogP contribution in [-0.2, 0) is 6.42 Å². The quantitative estimate of drug-likeness (QED) is 0.0762. The molecule has 0 aliphatic rings. The highest BCUT2D eigenvalue weighted by atomic mass is 32.1. The van der Waals surface area contributed by atoms with Crippen LogP contribution in [0.3, 0.4) is 0 Å². The summed E-state index contributed by atoms with van der Waals surface area (Å²) >= 11 is 3.24. The second-order valence-electron chi connectivity index (χ2n) is 14.5. The molecule has 6 N–H and O–H groups in total. The maximum Gasteiger partial charge on any atom is 0.187 e. The Hall–Kier alpha value is -7.22. The molecule has 9 rings (SSSR count). The number of para-hydroxylation sites is 2. The number of anilines is 6. The molecule has 0 bridgehead atoms. The summed E-state index contributed by atoms with van der Waals surface area (Å²) in [6.07, 6.45) is 6.99. The topological polar surface area (TPSA) is 135 Å². The summed E-state index contributed by atoms with van der Waals surface area (Å²) in [6.45, 7) is 16.5. The highest BCUT2D eigenvalue weighted by Crippen LogP contribution is 2.35. The summed E-state index contributed by atoms with van der Waals surface area (Å²) < 4.78 is 4.35. The number of nitrogens with two attached hydrogens (primary N) is 1. The van der Waals surface area contributed by atoms with Gasteiger partial charge < -0.3 is 27.0 Å². The van der Waals surface area contributed by atoms with Crippen molar-refractivity contribution in [1.82, 2.24) is 34.1 Å². The van der Waals surface area contributed by atoms with Gasteiger partial charge in [0.05, 0.1) is 43.9 Å². The smallest absolute Gasteiger partial charge is 0.187 e. The van der Waals surface area contributed by atoms with Crippen molar-refractivity contribution < 1.29 is 0 Å². The first-order chi connectivity index (χ1) is 29.6. The van der Waals surface area contributed by atoms with E-state index in [4.69, 9.17) is 15.7 Å². The lowest BCUT2D eigenvalue weighted by molar-refractivity contribution is 1.07. The molecule has 0 aliphatic heterocycles. The van der Waals surface area contributed by atoms with E-state index in [-0.39, 0.29) is 0 Å². The third-order valence-electron chi connectivity index (χ3n) is 10.3. The molecule has 9 aromatic rings. The largest absolute Gasteiger partial charge is 0.397 e. The van der Waals surface area contributed by atoms with Crippen molar-refractivity contribution in [3.8, 4) is 21.1 Å². The first-order valence-electron chi connectivity index (χ1n) is 19.8. The zero-order valence-corrected chi connectivity index (χ0v) is 36.4. The van der Waals surface area contributed by atoms with E-state index in [0.717, 1.165) is 106 Å². The van der Waals surface area contributed by atoms with Crippen LogP contribution in [0, 0.1) is 20.8 Å². The number of pyridine rings is 2. The molecule has 61 heavy (non-hydrogen) atoms. The number of hydrogen-bond donors (Lipinski definition) is 5. The number of fused-ring (bicyclic) bond motifs is 2. The van der Waals surface area contributed by atoms with Gasteiger partial charge in [0.25, 0.3) is 0 Å². The number of benzene rings is 3. The second-order valence-corrected chi connectivity index (χ2v) is 16.5. The van der Waals surface area contributed by atoms with E-state index < -0.39 is 0 Å². The molecule has 0 radical (unpaired) electrons. The van der Waals surface area contributed by atoms with Crippen LogP contribution in [0.2, 0.25) is 0 Å². The van der Waals surface area contributed by atoms with Crippen LogP contribution in [0.5, 0.6) is 0 Å². The van der Waals surface area contributed by atoms with E-state index in [1.165, 1.54) is 5.56 Å². The minimum atomic E-state index is 0.688. The second kappa shape index (κ2) is 17.6. The van der Waals surface area contributed by atoms with Gasteiger partial charge in [-0.2, -0.15) is 0 Å². The van der Waals surface area contributed by atoms with Crippen molar-refractivity contribution in [2.45, 2.75) is 34.1 Å². The maximum atomic E-state index is 6.02. The average Bonchev–Trinajstić information content (AvgIpc) is 4.07. The highest BCUT2D eigenvalue weighted by molar-refractivity contribution is 7.19. The van der Waals surface area contributed by atoms with Gasteiger partial charge in [0.2, 0.25) is 0 Å². The molecular weight excluding hydrogens is 795 g/mol. The molecule has 306 valence electrons. The number of thiazole rings is 2. The van der Waals surface area contributed by atoms with Gasteiger partial charge in [-0.25, -0.2) is 19.9 Å². The van der Waals surface area contributed by atoms with E-state index in [9.17, 15) is 0 Å². The number of nitrogens with one attached hydrogen (secondary N) is 4. The number of aromatic nitrogens is 6. The zero-order chi connectivity index (χ0) is 42.6. The van der Waals surface area contributed by atoms with E-state index in [1.54, 1.807) is 22.7 Å². The lowest BCUT2D eigenvalue weighted by atomic mass is 10.1. The van der Waals surface area contributed by atoms with E-state index in [2.05, 4.69) is 91.4 Å². The number of hydrogen-bond acceptors (Lipinski definition) is 11. The Bertz CT molecular complexity index is 3010. The van der Waals surface area contributed by atoms with Gasteiger partial charge in [0.1, 0.15) is 11.3 Å². The summed E-state index contributed by atoms with van der Waals surface area (Å²) in [4.78, 5) is 20.7. The van der Waals surface area contributed by atoms with Crippen molar-refractivity contribution in [1.29, 1.82) is 0 Å². The van der Waals surface area contributed by atoms with Gasteiger partial charge in [-0.1, -0.05) is 91.3 Å². The molecule has 0 spiro atoms. The first-order valence-corrected chi connectivity index (χ1v) is 21.5. The van der Waals surface area contributed by atoms with Crippen LogP contribution < -0.4 is 27.0 Å². The van der Waals surface area contributed by atoms with Crippen molar-refractivity contribution >= 4 is 78.4 Å². The SMILES string of the molecule is C=C(NC)c1ccc(Nc2ncc(-c3c(C)nc4ccc(CC)cn34)s2)cc1.C=C(Nc1ccccc1N)c1ccc(Nc2ncc(-c3c(C)nc4cccc(C)n34)s2)cc1. The predicted octanol–water partition coefficient (Wildman–Crippen LogP) is 11.7. The molecular formula is C48H47N11S2. The highest BCUT2D eigenvalue weighted by Gasteiger charge is 2.17. The van der Waals surface area contributed by atoms with E-state index in [1.807, 2.05) is 118 Å². The molecule has 13 heteroatoms. The number of nitrogen functional groups attached to an aromatic ring is 1. The van der Waals surface area contributed by atoms with Crippen molar-refractivity contribution in [3.63, 3.8) is 0 Å². The fourth-order valence-corrected chi connectivity index (χ4v) is 8.85. The summed E-state index contributed by atoms with van der Waals surface area (Å²) in [5.74, 6) is 0. The zero-order valence-electron chi connectivity index (χ0n) is 34.7. The Morgan fingerprint density at radius 2 is 1.26 bits per heavy atom. The van der Waals surface area contributed by atoms with Crippen LogP contribution in [-0.4, -0.2) is 35.8 Å². The minimum Gasteiger partial charge on any atom is -0.397 e. The summed E-state index contributed by atoms with van der Waals surface area (Å²) in [6, 6.07) is 34.2. The van der Waals surface area contributed by atoms with Gasteiger partial charge >= 0.3 is 0 Å². The summed E-state index contributed by atoms with van der Waals surface area (Å²) in [7, 11) is 1.87. The maximum absolute atomic E-state index is 6.02. The van der Waals surface area contributed by atoms with Crippen molar-refractivity contribution in [2.75, 3.05) is 28.7 Å². The third kappa shape index (κ3) is 8.74. The van der Waals surface area contributed by atoms with Crippen molar-refractivity contribution in [2.24, 2.45) is 0 Å². The monoisotopic (exact) mass is 841 g/mol. The molecule has 0 atom stereocenters. The molecule has 0 saturated carbocycles. The Kier molecular flexibility index (Phi) is 11.7. The molecule has 3 aromatic carbocycles. The van der Waals surface area contributed by atoms with Gasteiger partial charge in [0, 0.05) is 54.1 Å². The standard InChI is InChI=1S/C26H24N6S.C22H23N5S/c1-16-7-6-10-24-30-18(3)25(32(16)24)23-15-28-26(33-23)31-20-13-11-19(12-14-20)17(2)29-22-9-5-4-8-21(22)27;1-5-16-6-11-20-25-15(3)21(27(20)13-16)19-12-24-22(28-19)26-18-9-7-17(8-10-18)14(2)23-4/h4-15,29H,2,27H2,1,3H3,(H,28,31);6-13,23H,2,5H2,1,3-4H3,(H,24,26). The van der Waals surface area contributed by atoms with Crippen LogP contribution >= 0.6 is 22.7 Å². The molecule has 0 saturated heterocycles. The van der Waals surface area contributed by atoms with Crippen LogP contribution in [0.25, 0.3) is 43.8 Å². The molecule has 6 aromatic heterocycles. The molecule has 0 fully saturated rings. The van der Waals surface area contributed by atoms with Crippen LogP contribution in [0.4, 0.5) is 33.0 Å². The first kappa shape index (κ1) is 40.6. The Balaban J connectivity index is 0.000000171. The fraction of sp³-hybridized carbons (Fsp3) is 0.125. The lowest BCUT2D eigenvalue weighted by Gasteiger charge is -2.12. The summed E-state index contributed by atoms with van der Waals surface area (Å²) in [5.41, 5.74) is 21.8. The summed E-state index contributed by atoms with van der Waals surface area (Å²) in [5, 5.41) is 14.8. The van der Waals surface area contributed by atoms with E-state index in [0.29, 0.717) is 5.69 Å².